The molecular weight excluding hydrogens is 504 g/mol. The molecule has 0 radical (unpaired) electrons. The van der Waals surface area contributed by atoms with Gasteiger partial charge in [-0.25, -0.2) is 0 Å². The molecule has 1 saturated heterocycles. The van der Waals surface area contributed by atoms with Crippen LogP contribution in [-0.2, 0) is 5.41 Å². The van der Waals surface area contributed by atoms with Crippen LogP contribution in [0.15, 0.2) is 115 Å². The molecule has 41 heavy (non-hydrogen) atoms. The quantitative estimate of drug-likeness (QED) is 0.200. The molecule has 0 aliphatic carbocycles. The summed E-state index contributed by atoms with van der Waals surface area (Å²) in [7, 11) is 0. The zero-order valence-corrected chi connectivity index (χ0v) is 24.6. The van der Waals surface area contributed by atoms with E-state index in [4.69, 9.17) is 4.74 Å². The molecule has 0 aromatic heterocycles. The summed E-state index contributed by atoms with van der Waals surface area (Å²) >= 11 is 0. The Bertz CT molecular complexity index is 1400. The van der Waals surface area contributed by atoms with Gasteiger partial charge in [-0.05, 0) is 69.4 Å². The summed E-state index contributed by atoms with van der Waals surface area (Å²) in [5.41, 5.74) is 3.45. The fourth-order valence-corrected chi connectivity index (χ4v) is 5.30. The van der Waals surface area contributed by atoms with E-state index in [2.05, 4.69) is 68.1 Å². The van der Waals surface area contributed by atoms with Crippen LogP contribution >= 0.6 is 0 Å². The molecule has 5 rings (SSSR count). The average molecular weight is 545 g/mol. The molecule has 4 aromatic carbocycles. The van der Waals surface area contributed by atoms with E-state index in [0.717, 1.165) is 48.4 Å². The number of carbonyl (C=O) groups is 1. The minimum absolute atomic E-state index is 0.0157. The molecule has 0 saturated carbocycles. The first-order valence-corrected chi connectivity index (χ1v) is 14.3. The number of aryl methyl sites for hydroxylation is 1. The van der Waals surface area contributed by atoms with Crippen molar-refractivity contribution in [1.82, 2.24) is 4.90 Å². The Hall–Kier alpha value is -4.20. The lowest BCUT2D eigenvalue weighted by Gasteiger charge is -2.49. The van der Waals surface area contributed by atoms with Crippen molar-refractivity contribution >= 4 is 5.78 Å². The van der Waals surface area contributed by atoms with Gasteiger partial charge in [-0.1, -0.05) is 103 Å². The number of nitrogens with zero attached hydrogens (tertiary/aromatic N) is 2. The second-order valence-corrected chi connectivity index (χ2v) is 11.4. The first-order valence-electron chi connectivity index (χ1n) is 14.3. The van der Waals surface area contributed by atoms with E-state index in [-0.39, 0.29) is 17.4 Å². The van der Waals surface area contributed by atoms with Gasteiger partial charge in [0.25, 0.3) is 0 Å². The summed E-state index contributed by atoms with van der Waals surface area (Å²) < 4.78 is 6.17. The summed E-state index contributed by atoms with van der Waals surface area (Å²) in [4.78, 5) is 13.1. The largest absolute Gasteiger partial charge is 0.488 e. The predicted octanol–water partition coefficient (Wildman–Crippen LogP) is 8.02. The molecule has 0 N–H and O–H groups in total. The number of ether oxygens (including phenoxy) is 1. The van der Waals surface area contributed by atoms with Crippen molar-refractivity contribution in [2.75, 3.05) is 13.1 Å². The molecule has 1 fully saturated rings. The molecule has 4 heteroatoms. The monoisotopic (exact) mass is 544 g/mol. The molecule has 0 unspecified atom stereocenters. The van der Waals surface area contributed by atoms with Crippen molar-refractivity contribution in [2.24, 2.45) is 0 Å². The number of ketones is 1. The van der Waals surface area contributed by atoms with E-state index < -0.39 is 5.41 Å². The maximum atomic E-state index is 10.6. The summed E-state index contributed by atoms with van der Waals surface area (Å²) in [6, 6.07) is 40.6. The molecule has 4 aromatic rings. The maximum Gasteiger partial charge on any atom is 0.159 e. The van der Waals surface area contributed by atoms with E-state index in [1.165, 1.54) is 5.56 Å². The molecule has 0 spiro atoms. The van der Waals surface area contributed by atoms with Gasteiger partial charge in [0.1, 0.15) is 17.3 Å². The van der Waals surface area contributed by atoms with Gasteiger partial charge in [0.2, 0.25) is 0 Å². The zero-order chi connectivity index (χ0) is 29.3. The highest BCUT2D eigenvalue weighted by Gasteiger charge is 2.42. The van der Waals surface area contributed by atoms with Gasteiger partial charge in [-0.3, -0.25) is 9.69 Å². The van der Waals surface area contributed by atoms with Crippen LogP contribution in [-0.4, -0.2) is 35.4 Å². The molecule has 1 aliphatic rings. The molecule has 0 amide bonds. The molecule has 1 aliphatic heterocycles. The van der Waals surface area contributed by atoms with Crippen LogP contribution in [0.2, 0.25) is 0 Å². The average Bonchev–Trinajstić information content (AvgIpc) is 2.97. The standard InChI is InChI=1S/C29H32N2O.C8H8O/c1-23-11-10-16-26(19-23)32-27-20-31(21-27)28(2,3)17-18-29(22-30,24-12-6-4-7-13-24)25-14-8-5-9-15-25;1-7(9)8-5-3-2-4-6-8/h4-16,19,27H,17-18,20-21H2,1-3H3;2-6H,1H3. The minimum Gasteiger partial charge on any atom is -0.488 e. The number of hydrogen-bond acceptors (Lipinski definition) is 4. The highest BCUT2D eigenvalue weighted by molar-refractivity contribution is 5.93. The lowest BCUT2D eigenvalue weighted by molar-refractivity contribution is -0.0464. The zero-order valence-electron chi connectivity index (χ0n) is 24.6. The second kappa shape index (κ2) is 13.4. The Morgan fingerprint density at radius 2 is 1.37 bits per heavy atom. The minimum atomic E-state index is -0.651. The van der Waals surface area contributed by atoms with Crippen molar-refractivity contribution in [3.63, 3.8) is 0 Å². The Labute approximate surface area is 245 Å². The van der Waals surface area contributed by atoms with Gasteiger partial charge >= 0.3 is 0 Å². The van der Waals surface area contributed by atoms with E-state index in [1.54, 1.807) is 6.92 Å². The Morgan fingerprint density at radius 3 is 1.83 bits per heavy atom. The topological polar surface area (TPSA) is 53.3 Å². The number of Topliss-reactive ketones (excluding diaryl/α,β-unsaturated/α-hetero) is 1. The van der Waals surface area contributed by atoms with Crippen LogP contribution in [0.25, 0.3) is 0 Å². The molecule has 1 heterocycles. The number of rotatable bonds is 9. The lowest BCUT2D eigenvalue weighted by atomic mass is 9.70. The van der Waals surface area contributed by atoms with Crippen LogP contribution < -0.4 is 4.74 Å². The second-order valence-electron chi connectivity index (χ2n) is 11.4. The van der Waals surface area contributed by atoms with E-state index in [0.29, 0.717) is 0 Å². The van der Waals surface area contributed by atoms with Crippen LogP contribution in [0.5, 0.6) is 5.75 Å². The highest BCUT2D eigenvalue weighted by Crippen LogP contribution is 2.40. The SMILES string of the molecule is CC(=O)c1ccccc1.Cc1cccc(OC2CN(C(C)(C)CCC(C#N)(c3ccccc3)c3ccccc3)C2)c1. The van der Waals surface area contributed by atoms with Crippen molar-refractivity contribution in [3.8, 4) is 11.8 Å². The van der Waals surface area contributed by atoms with Crippen LogP contribution in [0.4, 0.5) is 0 Å². The lowest BCUT2D eigenvalue weighted by Crippen LogP contribution is -2.62. The smallest absolute Gasteiger partial charge is 0.159 e. The predicted molar refractivity (Wildman–Crippen MR) is 166 cm³/mol. The van der Waals surface area contributed by atoms with Crippen molar-refractivity contribution in [1.29, 1.82) is 5.26 Å². The third-order valence-corrected chi connectivity index (χ3v) is 8.01. The molecular formula is C37H40N2O2. The number of likely N-dealkylation sites (tertiary alicyclic amines) is 1. The summed E-state index contributed by atoms with van der Waals surface area (Å²) in [6.07, 6.45) is 1.91. The highest BCUT2D eigenvalue weighted by atomic mass is 16.5. The Kier molecular flexibility index (Phi) is 9.76. The van der Waals surface area contributed by atoms with Gasteiger partial charge in [0, 0.05) is 24.2 Å². The van der Waals surface area contributed by atoms with Crippen LogP contribution in [0.3, 0.4) is 0 Å². The van der Waals surface area contributed by atoms with Gasteiger partial charge in [0.05, 0.1) is 6.07 Å². The van der Waals surface area contributed by atoms with Crippen molar-refractivity contribution in [3.05, 3.63) is 138 Å². The van der Waals surface area contributed by atoms with Gasteiger partial charge in [-0.2, -0.15) is 5.26 Å². The summed E-state index contributed by atoms with van der Waals surface area (Å²) in [5, 5.41) is 10.4. The van der Waals surface area contributed by atoms with Gasteiger partial charge in [-0.15, -0.1) is 0 Å². The molecule has 0 atom stereocenters. The third kappa shape index (κ3) is 7.51. The third-order valence-electron chi connectivity index (χ3n) is 8.01. The van der Waals surface area contributed by atoms with Crippen molar-refractivity contribution < 1.29 is 9.53 Å². The Balaban J connectivity index is 0.000000367. The summed E-state index contributed by atoms with van der Waals surface area (Å²) in [5.74, 6) is 1.07. The van der Waals surface area contributed by atoms with E-state index in [9.17, 15) is 10.1 Å². The van der Waals surface area contributed by atoms with Gasteiger partial charge < -0.3 is 4.74 Å². The maximum absolute atomic E-state index is 10.6. The van der Waals surface area contributed by atoms with E-state index >= 15 is 0 Å². The molecule has 0 bridgehead atoms. The van der Waals surface area contributed by atoms with Gasteiger partial charge in [0.15, 0.2) is 5.78 Å². The van der Waals surface area contributed by atoms with E-state index in [1.807, 2.05) is 78.9 Å². The molecule has 210 valence electrons. The number of benzene rings is 4. The Morgan fingerprint density at radius 1 is 0.829 bits per heavy atom. The number of nitriles is 1. The summed E-state index contributed by atoms with van der Waals surface area (Å²) in [6.45, 7) is 10.1. The number of hydrogen-bond donors (Lipinski definition) is 0. The normalized spacial score (nSPS) is 13.7. The van der Waals surface area contributed by atoms with Crippen LogP contribution in [0, 0.1) is 18.3 Å². The van der Waals surface area contributed by atoms with Crippen LogP contribution in [0.1, 0.15) is 60.7 Å². The number of carbonyl (C=O) groups excluding carboxylic acids is 1. The molecule has 4 nitrogen and oxygen atoms in total. The first kappa shape index (κ1) is 29.8. The van der Waals surface area contributed by atoms with Crippen molar-refractivity contribution in [2.45, 2.75) is 57.6 Å². The fourth-order valence-electron chi connectivity index (χ4n) is 5.30. The first-order chi connectivity index (χ1) is 19.7. The fraction of sp³-hybridized carbons (Fsp3) is 0.297.